The van der Waals surface area contributed by atoms with E-state index in [0.29, 0.717) is 12.8 Å². The summed E-state index contributed by atoms with van der Waals surface area (Å²) in [5.74, 6) is 0.204. The molecule has 10 heavy (non-hydrogen) atoms. The van der Waals surface area contributed by atoms with E-state index in [0.717, 1.165) is 0 Å². The first-order valence-electron chi connectivity index (χ1n) is 3.78. The van der Waals surface area contributed by atoms with Crippen molar-refractivity contribution in [2.45, 2.75) is 39.7 Å². The molecule has 0 amide bonds. The fourth-order valence-electron chi connectivity index (χ4n) is 0.612. The lowest BCUT2D eigenvalue weighted by Crippen LogP contribution is -2.16. The predicted molar refractivity (Wildman–Crippen MR) is 40.8 cm³/mol. The van der Waals surface area contributed by atoms with Crippen molar-refractivity contribution >= 4 is 5.78 Å². The van der Waals surface area contributed by atoms with Crippen LogP contribution in [0.2, 0.25) is 0 Å². The third kappa shape index (κ3) is 3.62. The molecule has 1 N–H and O–H groups in total. The normalized spacial score (nSPS) is 13.7. The minimum absolute atomic E-state index is 0.0567. The smallest absolute Gasteiger partial charge is 0.137 e. The van der Waals surface area contributed by atoms with Crippen LogP contribution in [0.1, 0.15) is 33.6 Å². The number of rotatable bonds is 4. The number of Topliss-reactive ketones (excluding diaryl/α,β-unsaturated/α-hetero) is 1. The SMILES string of the molecule is CCC(O)CC(=O)C(C)C. The summed E-state index contributed by atoms with van der Waals surface area (Å²) in [5.41, 5.74) is 0. The van der Waals surface area contributed by atoms with Crippen LogP contribution in [0.25, 0.3) is 0 Å². The maximum Gasteiger partial charge on any atom is 0.137 e. The summed E-state index contributed by atoms with van der Waals surface area (Å²) < 4.78 is 0. The van der Waals surface area contributed by atoms with Gasteiger partial charge in [0.2, 0.25) is 0 Å². The lowest BCUT2D eigenvalue weighted by molar-refractivity contribution is -0.123. The average Bonchev–Trinajstić information content (AvgIpc) is 1.87. The van der Waals surface area contributed by atoms with Gasteiger partial charge < -0.3 is 5.11 Å². The van der Waals surface area contributed by atoms with E-state index in [2.05, 4.69) is 0 Å². The van der Waals surface area contributed by atoms with Crippen LogP contribution in [0.15, 0.2) is 0 Å². The Kier molecular flexibility index (Phi) is 4.28. The van der Waals surface area contributed by atoms with Crippen molar-refractivity contribution < 1.29 is 9.90 Å². The van der Waals surface area contributed by atoms with Crippen LogP contribution in [0, 0.1) is 5.92 Å². The predicted octanol–water partition coefficient (Wildman–Crippen LogP) is 1.37. The molecule has 0 saturated heterocycles. The van der Waals surface area contributed by atoms with Gasteiger partial charge in [-0.15, -0.1) is 0 Å². The molecule has 0 aromatic heterocycles. The van der Waals surface area contributed by atoms with Gasteiger partial charge in [0, 0.05) is 12.3 Å². The number of carbonyl (C=O) groups is 1. The largest absolute Gasteiger partial charge is 0.393 e. The Balaban J connectivity index is 3.57. The van der Waals surface area contributed by atoms with Gasteiger partial charge in [0.15, 0.2) is 0 Å². The zero-order valence-electron chi connectivity index (χ0n) is 6.92. The Bertz CT molecular complexity index is 108. The van der Waals surface area contributed by atoms with Gasteiger partial charge in [-0.1, -0.05) is 20.8 Å². The minimum atomic E-state index is -0.435. The Morgan fingerprint density at radius 2 is 2.00 bits per heavy atom. The first kappa shape index (κ1) is 9.63. The average molecular weight is 144 g/mol. The van der Waals surface area contributed by atoms with Crippen molar-refractivity contribution in [1.82, 2.24) is 0 Å². The summed E-state index contributed by atoms with van der Waals surface area (Å²) in [4.78, 5) is 11.0. The van der Waals surface area contributed by atoms with Gasteiger partial charge in [-0.05, 0) is 6.42 Å². The Morgan fingerprint density at radius 3 is 2.30 bits per heavy atom. The van der Waals surface area contributed by atoms with Crippen LogP contribution < -0.4 is 0 Å². The van der Waals surface area contributed by atoms with Crippen molar-refractivity contribution in [2.75, 3.05) is 0 Å². The summed E-state index contributed by atoms with van der Waals surface area (Å²) in [6, 6.07) is 0. The maximum atomic E-state index is 11.0. The fraction of sp³-hybridized carbons (Fsp3) is 0.875. The van der Waals surface area contributed by atoms with Gasteiger partial charge in [0.25, 0.3) is 0 Å². The lowest BCUT2D eigenvalue weighted by Gasteiger charge is -2.07. The van der Waals surface area contributed by atoms with E-state index in [1.165, 1.54) is 0 Å². The number of hydrogen-bond acceptors (Lipinski definition) is 2. The molecule has 0 aliphatic carbocycles. The van der Waals surface area contributed by atoms with Gasteiger partial charge in [-0.2, -0.15) is 0 Å². The van der Waals surface area contributed by atoms with Crippen molar-refractivity contribution in [3.05, 3.63) is 0 Å². The second-order valence-corrected chi connectivity index (χ2v) is 2.89. The maximum absolute atomic E-state index is 11.0. The molecule has 0 aliphatic heterocycles. The van der Waals surface area contributed by atoms with E-state index in [9.17, 15) is 4.79 Å². The van der Waals surface area contributed by atoms with E-state index in [4.69, 9.17) is 5.11 Å². The van der Waals surface area contributed by atoms with E-state index >= 15 is 0 Å². The van der Waals surface area contributed by atoms with Crippen molar-refractivity contribution in [1.29, 1.82) is 0 Å². The summed E-state index contributed by atoms with van der Waals surface area (Å²) in [7, 11) is 0. The molecule has 1 unspecified atom stereocenters. The van der Waals surface area contributed by atoms with E-state index in [1.54, 1.807) is 0 Å². The molecule has 0 radical (unpaired) electrons. The molecule has 0 bridgehead atoms. The Labute approximate surface area is 62.2 Å². The zero-order valence-corrected chi connectivity index (χ0v) is 6.92. The molecule has 0 spiro atoms. The molecule has 2 heteroatoms. The zero-order chi connectivity index (χ0) is 8.15. The molecule has 0 saturated carbocycles. The van der Waals surface area contributed by atoms with Crippen molar-refractivity contribution in [2.24, 2.45) is 5.92 Å². The van der Waals surface area contributed by atoms with Gasteiger partial charge in [0.05, 0.1) is 6.10 Å². The van der Waals surface area contributed by atoms with Crippen molar-refractivity contribution in [3.63, 3.8) is 0 Å². The highest BCUT2D eigenvalue weighted by molar-refractivity contribution is 5.80. The second-order valence-electron chi connectivity index (χ2n) is 2.89. The highest BCUT2D eigenvalue weighted by Crippen LogP contribution is 2.04. The molecule has 60 valence electrons. The van der Waals surface area contributed by atoms with Crippen molar-refractivity contribution in [3.8, 4) is 0 Å². The number of carbonyl (C=O) groups excluding carboxylic acids is 1. The highest BCUT2D eigenvalue weighted by atomic mass is 16.3. The van der Waals surface area contributed by atoms with Gasteiger partial charge in [0.1, 0.15) is 5.78 Å². The molecular formula is C8H16O2. The van der Waals surface area contributed by atoms with Crippen LogP contribution in [-0.2, 0) is 4.79 Å². The molecule has 1 atom stereocenters. The number of aliphatic hydroxyl groups is 1. The summed E-state index contributed by atoms with van der Waals surface area (Å²) in [6.45, 7) is 5.58. The second kappa shape index (κ2) is 4.45. The molecule has 0 aliphatic rings. The topological polar surface area (TPSA) is 37.3 Å². The number of aliphatic hydroxyl groups excluding tert-OH is 1. The van der Waals surface area contributed by atoms with Crippen LogP contribution in [0.4, 0.5) is 0 Å². The monoisotopic (exact) mass is 144 g/mol. The molecule has 0 fully saturated rings. The van der Waals surface area contributed by atoms with Crippen LogP contribution in [-0.4, -0.2) is 17.0 Å². The highest BCUT2D eigenvalue weighted by Gasteiger charge is 2.11. The van der Waals surface area contributed by atoms with Crippen LogP contribution in [0.5, 0.6) is 0 Å². The lowest BCUT2D eigenvalue weighted by atomic mass is 10.0. The van der Waals surface area contributed by atoms with E-state index < -0.39 is 6.10 Å². The van der Waals surface area contributed by atoms with Gasteiger partial charge in [-0.3, -0.25) is 4.79 Å². The molecule has 0 aromatic rings. The molecule has 0 rings (SSSR count). The summed E-state index contributed by atoms with van der Waals surface area (Å²) in [5, 5.41) is 9.06. The molecule has 0 aromatic carbocycles. The Hall–Kier alpha value is -0.370. The molecule has 0 heterocycles. The summed E-state index contributed by atoms with van der Waals surface area (Å²) in [6.07, 6.45) is 0.544. The quantitative estimate of drug-likeness (QED) is 0.647. The van der Waals surface area contributed by atoms with Crippen LogP contribution in [0.3, 0.4) is 0 Å². The number of ketones is 1. The van der Waals surface area contributed by atoms with Crippen LogP contribution >= 0.6 is 0 Å². The number of hydrogen-bond donors (Lipinski definition) is 1. The Morgan fingerprint density at radius 1 is 1.50 bits per heavy atom. The van der Waals surface area contributed by atoms with Gasteiger partial charge in [-0.25, -0.2) is 0 Å². The van der Waals surface area contributed by atoms with E-state index in [-0.39, 0.29) is 11.7 Å². The molecular weight excluding hydrogens is 128 g/mol. The standard InChI is InChI=1S/C8H16O2/c1-4-7(9)5-8(10)6(2)3/h6-7,9H,4-5H2,1-3H3. The van der Waals surface area contributed by atoms with Gasteiger partial charge >= 0.3 is 0 Å². The first-order chi connectivity index (χ1) is 4.57. The minimum Gasteiger partial charge on any atom is -0.393 e. The summed E-state index contributed by atoms with van der Waals surface area (Å²) >= 11 is 0. The molecule has 2 nitrogen and oxygen atoms in total. The van der Waals surface area contributed by atoms with E-state index in [1.807, 2.05) is 20.8 Å². The fourth-order valence-corrected chi connectivity index (χ4v) is 0.612. The third-order valence-corrected chi connectivity index (χ3v) is 1.55. The third-order valence-electron chi connectivity index (χ3n) is 1.55. The first-order valence-corrected chi connectivity index (χ1v) is 3.78.